The molecule has 0 N–H and O–H groups in total. The van der Waals surface area contributed by atoms with E-state index in [9.17, 15) is 4.79 Å². The summed E-state index contributed by atoms with van der Waals surface area (Å²) in [6, 6.07) is 1.84. The lowest BCUT2D eigenvalue weighted by atomic mass is 10.2. The summed E-state index contributed by atoms with van der Waals surface area (Å²) in [4.78, 5) is 21.9. The van der Waals surface area contributed by atoms with Crippen molar-refractivity contribution in [3.05, 3.63) is 18.1 Å². The Balaban J connectivity index is 1.89. The van der Waals surface area contributed by atoms with E-state index >= 15 is 0 Å². The number of aromatic nitrogens is 2. The summed E-state index contributed by atoms with van der Waals surface area (Å²) < 4.78 is 11.2. The summed E-state index contributed by atoms with van der Waals surface area (Å²) in [5.74, 6) is 0.567. The zero-order chi connectivity index (χ0) is 15.5. The molecule has 0 bridgehead atoms. The van der Waals surface area contributed by atoms with Crippen LogP contribution in [0.1, 0.15) is 39.8 Å². The molecule has 116 valence electrons. The lowest BCUT2D eigenvalue weighted by molar-refractivity contribution is 0.0275. The van der Waals surface area contributed by atoms with Gasteiger partial charge >= 0.3 is 6.09 Å². The van der Waals surface area contributed by atoms with Crippen molar-refractivity contribution < 1.29 is 14.3 Å². The van der Waals surface area contributed by atoms with Gasteiger partial charge in [0.2, 0.25) is 5.88 Å². The smallest absolute Gasteiger partial charge is 0.410 e. The molecule has 0 radical (unpaired) electrons. The van der Waals surface area contributed by atoms with E-state index in [1.54, 1.807) is 4.90 Å². The third kappa shape index (κ3) is 4.58. The van der Waals surface area contributed by atoms with E-state index in [0.29, 0.717) is 19.0 Å². The third-order valence-corrected chi connectivity index (χ3v) is 3.14. The van der Waals surface area contributed by atoms with Crippen LogP contribution >= 0.6 is 0 Å². The quantitative estimate of drug-likeness (QED) is 0.856. The van der Waals surface area contributed by atoms with Gasteiger partial charge in [0, 0.05) is 24.7 Å². The molecular formula is C15H23N3O3. The number of ether oxygens (including phenoxy) is 2. The fourth-order valence-corrected chi connectivity index (χ4v) is 2.12. The molecular weight excluding hydrogens is 270 g/mol. The zero-order valence-electron chi connectivity index (χ0n) is 13.1. The van der Waals surface area contributed by atoms with Crippen LogP contribution in [0.5, 0.6) is 5.88 Å². The van der Waals surface area contributed by atoms with Crippen molar-refractivity contribution in [2.24, 2.45) is 0 Å². The van der Waals surface area contributed by atoms with Crippen molar-refractivity contribution in [3.8, 4) is 5.88 Å². The van der Waals surface area contributed by atoms with Gasteiger partial charge in [-0.15, -0.1) is 0 Å². The molecule has 1 saturated heterocycles. The molecule has 1 fully saturated rings. The molecule has 1 aliphatic rings. The maximum Gasteiger partial charge on any atom is 0.410 e. The van der Waals surface area contributed by atoms with Gasteiger partial charge in [-0.3, -0.25) is 0 Å². The number of carbonyl (C=O) groups is 1. The Morgan fingerprint density at radius 2 is 2.19 bits per heavy atom. The van der Waals surface area contributed by atoms with Gasteiger partial charge < -0.3 is 14.4 Å². The highest BCUT2D eigenvalue weighted by Gasteiger charge is 2.31. The summed E-state index contributed by atoms with van der Waals surface area (Å²) in [5, 5.41) is 0. The molecule has 6 heteroatoms. The predicted molar refractivity (Wildman–Crippen MR) is 78.3 cm³/mol. The fourth-order valence-electron chi connectivity index (χ4n) is 2.12. The zero-order valence-corrected chi connectivity index (χ0v) is 13.1. The molecule has 2 heterocycles. The molecule has 0 aliphatic carbocycles. The van der Waals surface area contributed by atoms with Crippen LogP contribution in [0.4, 0.5) is 4.79 Å². The SMILES string of the molecule is CCc1cc(O[C@@H]2CCN(C(=O)OC(C)(C)C)C2)ncn1. The minimum absolute atomic E-state index is 0.0443. The third-order valence-electron chi connectivity index (χ3n) is 3.14. The van der Waals surface area contributed by atoms with Crippen molar-refractivity contribution in [1.82, 2.24) is 14.9 Å². The Hall–Kier alpha value is -1.85. The number of hydrogen-bond donors (Lipinski definition) is 0. The number of aryl methyl sites for hydroxylation is 1. The van der Waals surface area contributed by atoms with Crippen molar-refractivity contribution in [3.63, 3.8) is 0 Å². The maximum absolute atomic E-state index is 12.0. The second-order valence-electron chi connectivity index (χ2n) is 6.16. The van der Waals surface area contributed by atoms with E-state index in [1.165, 1.54) is 6.33 Å². The lowest BCUT2D eigenvalue weighted by Crippen LogP contribution is -2.36. The first-order valence-electron chi connectivity index (χ1n) is 7.33. The summed E-state index contributed by atoms with van der Waals surface area (Å²) in [6.45, 7) is 8.80. The highest BCUT2D eigenvalue weighted by atomic mass is 16.6. The van der Waals surface area contributed by atoms with Gasteiger partial charge in [-0.2, -0.15) is 0 Å². The van der Waals surface area contributed by atoms with Crippen molar-refractivity contribution in [1.29, 1.82) is 0 Å². The molecule has 0 unspecified atom stereocenters. The van der Waals surface area contributed by atoms with Gasteiger partial charge in [0.15, 0.2) is 0 Å². The Morgan fingerprint density at radius 1 is 1.43 bits per heavy atom. The van der Waals surface area contributed by atoms with E-state index in [1.807, 2.05) is 33.8 Å². The molecule has 0 spiro atoms. The highest BCUT2D eigenvalue weighted by Crippen LogP contribution is 2.19. The van der Waals surface area contributed by atoms with Gasteiger partial charge in [-0.1, -0.05) is 6.92 Å². The van der Waals surface area contributed by atoms with E-state index in [4.69, 9.17) is 9.47 Å². The second-order valence-corrected chi connectivity index (χ2v) is 6.16. The van der Waals surface area contributed by atoms with Gasteiger partial charge in [0.1, 0.15) is 18.0 Å². The minimum atomic E-state index is -0.474. The molecule has 21 heavy (non-hydrogen) atoms. The van der Waals surface area contributed by atoms with E-state index in [2.05, 4.69) is 9.97 Å². The Bertz CT molecular complexity index is 499. The Morgan fingerprint density at radius 3 is 2.86 bits per heavy atom. The molecule has 0 saturated carbocycles. The number of amides is 1. The lowest BCUT2D eigenvalue weighted by Gasteiger charge is -2.24. The van der Waals surface area contributed by atoms with Crippen molar-refractivity contribution >= 4 is 6.09 Å². The number of rotatable bonds is 3. The van der Waals surface area contributed by atoms with Crippen LogP contribution < -0.4 is 4.74 Å². The summed E-state index contributed by atoms with van der Waals surface area (Å²) in [5.41, 5.74) is 0.473. The first-order valence-corrected chi connectivity index (χ1v) is 7.33. The van der Waals surface area contributed by atoms with Gasteiger partial charge in [0.25, 0.3) is 0 Å². The first kappa shape index (κ1) is 15.5. The van der Waals surface area contributed by atoms with Crippen LogP contribution in [-0.4, -0.2) is 45.8 Å². The number of hydrogen-bond acceptors (Lipinski definition) is 5. The largest absolute Gasteiger partial charge is 0.472 e. The van der Waals surface area contributed by atoms with Crippen molar-refractivity contribution in [2.45, 2.75) is 52.2 Å². The van der Waals surface area contributed by atoms with Crippen LogP contribution in [0.2, 0.25) is 0 Å². The van der Waals surface area contributed by atoms with Crippen LogP contribution in [0.25, 0.3) is 0 Å². The van der Waals surface area contributed by atoms with Crippen molar-refractivity contribution in [2.75, 3.05) is 13.1 Å². The predicted octanol–water partition coefficient (Wildman–Crippen LogP) is 2.43. The fraction of sp³-hybridized carbons (Fsp3) is 0.667. The summed E-state index contributed by atoms with van der Waals surface area (Å²) in [7, 11) is 0. The monoisotopic (exact) mass is 293 g/mol. The van der Waals surface area contributed by atoms with E-state index < -0.39 is 5.60 Å². The van der Waals surface area contributed by atoms with Gasteiger partial charge in [0.05, 0.1) is 6.54 Å². The summed E-state index contributed by atoms with van der Waals surface area (Å²) in [6.07, 6.45) is 2.80. The topological polar surface area (TPSA) is 64.5 Å². The molecule has 1 aromatic heterocycles. The average molecular weight is 293 g/mol. The Kier molecular flexibility index (Phi) is 4.65. The van der Waals surface area contributed by atoms with Gasteiger partial charge in [-0.05, 0) is 27.2 Å². The molecule has 1 amide bonds. The highest BCUT2D eigenvalue weighted by molar-refractivity contribution is 5.68. The van der Waals surface area contributed by atoms with Crippen LogP contribution in [-0.2, 0) is 11.2 Å². The van der Waals surface area contributed by atoms with Crippen LogP contribution in [0.3, 0.4) is 0 Å². The molecule has 1 aromatic rings. The summed E-state index contributed by atoms with van der Waals surface area (Å²) >= 11 is 0. The maximum atomic E-state index is 12.0. The molecule has 2 rings (SSSR count). The number of carbonyl (C=O) groups excluding carboxylic acids is 1. The first-order chi connectivity index (χ1) is 9.87. The molecule has 6 nitrogen and oxygen atoms in total. The standard InChI is InChI=1S/C15H23N3O3/c1-5-11-8-13(17-10-16-11)20-12-6-7-18(9-12)14(19)21-15(2,3)4/h8,10,12H,5-7,9H2,1-4H3/t12-/m1/s1. The average Bonchev–Trinajstić information content (AvgIpc) is 2.85. The molecule has 0 aromatic carbocycles. The molecule has 1 aliphatic heterocycles. The van der Waals surface area contributed by atoms with Crippen LogP contribution in [0, 0.1) is 0 Å². The van der Waals surface area contributed by atoms with E-state index in [0.717, 1.165) is 18.5 Å². The van der Waals surface area contributed by atoms with E-state index in [-0.39, 0.29) is 12.2 Å². The Labute approximate surface area is 125 Å². The normalized spacial score (nSPS) is 18.7. The molecule has 1 atom stereocenters. The van der Waals surface area contributed by atoms with Crippen LogP contribution in [0.15, 0.2) is 12.4 Å². The number of nitrogens with zero attached hydrogens (tertiary/aromatic N) is 3. The number of likely N-dealkylation sites (tertiary alicyclic amines) is 1. The minimum Gasteiger partial charge on any atom is -0.472 e. The second kappa shape index (κ2) is 6.28. The van der Waals surface area contributed by atoms with Gasteiger partial charge in [-0.25, -0.2) is 14.8 Å².